The molecule has 0 saturated carbocycles. The van der Waals surface area contributed by atoms with Crippen molar-refractivity contribution in [3.8, 4) is 5.75 Å². The van der Waals surface area contributed by atoms with Gasteiger partial charge in [0, 0.05) is 18.8 Å². The van der Waals surface area contributed by atoms with Gasteiger partial charge in [0.1, 0.15) is 5.75 Å². The monoisotopic (exact) mass is 434 g/mol. The Bertz CT molecular complexity index is 960. The van der Waals surface area contributed by atoms with Crippen molar-refractivity contribution >= 4 is 27.4 Å². The molecule has 8 heteroatoms. The van der Waals surface area contributed by atoms with Crippen molar-refractivity contribution in [3.63, 3.8) is 0 Å². The molecule has 2 aromatic carbocycles. The van der Waals surface area contributed by atoms with E-state index in [9.17, 15) is 18.3 Å². The number of carboxylic acid groups (broad SMARTS) is 1. The lowest BCUT2D eigenvalue weighted by Crippen LogP contribution is -2.32. The number of ether oxygens (including phenoxy) is 1. The van der Waals surface area contributed by atoms with Gasteiger partial charge in [-0.25, -0.2) is 13.2 Å². The van der Waals surface area contributed by atoms with Crippen LogP contribution in [0.4, 0.5) is 11.4 Å². The molecule has 2 rings (SSSR count). The third-order valence-electron chi connectivity index (χ3n) is 4.36. The van der Waals surface area contributed by atoms with E-state index in [0.717, 1.165) is 0 Å². The Balaban J connectivity index is 2.38. The minimum absolute atomic E-state index is 0.0606. The Hall–Kier alpha value is -2.74. The van der Waals surface area contributed by atoms with Crippen molar-refractivity contribution in [2.45, 2.75) is 32.6 Å². The van der Waals surface area contributed by atoms with Crippen LogP contribution in [0, 0.1) is 11.8 Å². The summed E-state index contributed by atoms with van der Waals surface area (Å²) in [5, 5.41) is 9.76. The highest BCUT2D eigenvalue weighted by atomic mass is 32.2. The van der Waals surface area contributed by atoms with Crippen LogP contribution < -0.4 is 14.4 Å². The molecule has 7 nitrogen and oxygen atoms in total. The molecule has 0 aliphatic carbocycles. The number of hydrogen-bond acceptors (Lipinski definition) is 5. The second-order valence-electron chi connectivity index (χ2n) is 8.01. The number of anilines is 2. The molecular formula is C22H30N2O5S. The Morgan fingerprint density at radius 2 is 1.60 bits per heavy atom. The average molecular weight is 435 g/mol. The molecule has 30 heavy (non-hydrogen) atoms. The molecule has 2 N–H and O–H groups in total. The first-order chi connectivity index (χ1) is 14.0. The van der Waals surface area contributed by atoms with Crippen LogP contribution in [0.1, 0.15) is 38.1 Å². The Kier molecular flexibility index (Phi) is 7.72. The Morgan fingerprint density at radius 3 is 2.07 bits per heavy atom. The van der Waals surface area contributed by atoms with E-state index in [1.54, 1.807) is 24.3 Å². The summed E-state index contributed by atoms with van der Waals surface area (Å²) in [5.74, 6) is 0.132. The van der Waals surface area contributed by atoms with Gasteiger partial charge in [0.2, 0.25) is 0 Å². The standard InChI is InChI=1S/C22H30N2O5S/c1-15(2)13-24(14-16(3)4)21-11-6-17(12-20(21)22(25)26)23-30(27,28)19-9-7-18(29-5)8-10-19/h6-12,15-16,23H,13-14H2,1-5H3,(H,25,26). The molecule has 0 unspecified atom stereocenters. The SMILES string of the molecule is COc1ccc(S(=O)(=O)Nc2ccc(N(CC(C)C)CC(C)C)c(C(=O)O)c2)cc1. The number of hydrogen-bond donors (Lipinski definition) is 2. The molecule has 0 heterocycles. The molecule has 164 valence electrons. The highest BCUT2D eigenvalue weighted by Crippen LogP contribution is 2.28. The maximum absolute atomic E-state index is 12.7. The molecule has 0 spiro atoms. The van der Waals surface area contributed by atoms with E-state index >= 15 is 0 Å². The van der Waals surface area contributed by atoms with Crippen molar-refractivity contribution in [1.82, 2.24) is 0 Å². The summed E-state index contributed by atoms with van der Waals surface area (Å²) in [4.78, 5) is 14.0. The maximum atomic E-state index is 12.7. The number of methoxy groups -OCH3 is 1. The number of carbonyl (C=O) groups is 1. The van der Waals surface area contributed by atoms with Gasteiger partial charge in [-0.3, -0.25) is 4.72 Å². The van der Waals surface area contributed by atoms with E-state index in [-0.39, 0.29) is 16.1 Å². The van der Waals surface area contributed by atoms with Crippen molar-refractivity contribution in [2.75, 3.05) is 29.8 Å². The normalized spacial score (nSPS) is 11.6. The summed E-state index contributed by atoms with van der Waals surface area (Å²) in [5.41, 5.74) is 0.838. The number of benzene rings is 2. The summed E-state index contributed by atoms with van der Waals surface area (Å²) in [7, 11) is -2.37. The van der Waals surface area contributed by atoms with Gasteiger partial charge in [0.05, 0.1) is 23.3 Å². The lowest BCUT2D eigenvalue weighted by Gasteiger charge is -2.30. The minimum Gasteiger partial charge on any atom is -0.497 e. The van der Waals surface area contributed by atoms with E-state index < -0.39 is 16.0 Å². The first-order valence-corrected chi connectivity index (χ1v) is 11.3. The molecule has 0 aliphatic rings. The van der Waals surface area contributed by atoms with E-state index in [2.05, 4.69) is 32.4 Å². The molecule has 0 bridgehead atoms. The average Bonchev–Trinajstić information content (AvgIpc) is 2.66. The number of nitrogens with one attached hydrogen (secondary N) is 1. The smallest absolute Gasteiger partial charge is 0.337 e. The van der Waals surface area contributed by atoms with Gasteiger partial charge in [0.15, 0.2) is 0 Å². The van der Waals surface area contributed by atoms with Crippen LogP contribution in [0.2, 0.25) is 0 Å². The van der Waals surface area contributed by atoms with Gasteiger partial charge >= 0.3 is 5.97 Å². The number of aromatic carboxylic acids is 1. The second kappa shape index (κ2) is 9.84. The van der Waals surface area contributed by atoms with E-state index in [0.29, 0.717) is 36.4 Å². The quantitative estimate of drug-likeness (QED) is 0.578. The van der Waals surface area contributed by atoms with Crippen molar-refractivity contribution in [1.29, 1.82) is 0 Å². The van der Waals surface area contributed by atoms with Crippen molar-refractivity contribution < 1.29 is 23.1 Å². The zero-order valence-electron chi connectivity index (χ0n) is 18.0. The van der Waals surface area contributed by atoms with Gasteiger partial charge in [-0.2, -0.15) is 0 Å². The number of rotatable bonds is 10. The van der Waals surface area contributed by atoms with Crippen LogP contribution in [0.5, 0.6) is 5.75 Å². The van der Waals surface area contributed by atoms with Crippen molar-refractivity contribution in [3.05, 3.63) is 48.0 Å². The molecule has 0 aromatic heterocycles. The number of sulfonamides is 1. The van der Waals surface area contributed by atoms with Gasteiger partial charge in [-0.15, -0.1) is 0 Å². The Morgan fingerprint density at radius 1 is 1.03 bits per heavy atom. The van der Waals surface area contributed by atoms with Gasteiger partial charge in [-0.1, -0.05) is 27.7 Å². The summed E-state index contributed by atoms with van der Waals surface area (Å²) >= 11 is 0. The fourth-order valence-corrected chi connectivity index (χ4v) is 4.22. The van der Waals surface area contributed by atoms with E-state index in [1.165, 1.54) is 25.3 Å². The zero-order chi connectivity index (χ0) is 22.5. The first kappa shape index (κ1) is 23.5. The highest BCUT2D eigenvalue weighted by Gasteiger charge is 2.21. The summed E-state index contributed by atoms with van der Waals surface area (Å²) in [6, 6.07) is 10.6. The number of carboxylic acids is 1. The lowest BCUT2D eigenvalue weighted by atomic mass is 10.1. The topological polar surface area (TPSA) is 95.9 Å². The van der Waals surface area contributed by atoms with Crippen molar-refractivity contribution in [2.24, 2.45) is 11.8 Å². The molecule has 2 aromatic rings. The van der Waals surface area contributed by atoms with Crippen LogP contribution in [0.15, 0.2) is 47.4 Å². The number of nitrogens with zero attached hydrogens (tertiary/aromatic N) is 1. The highest BCUT2D eigenvalue weighted by molar-refractivity contribution is 7.92. The van der Waals surface area contributed by atoms with Gasteiger partial charge in [-0.05, 0) is 54.3 Å². The summed E-state index contributed by atoms with van der Waals surface area (Å²) < 4.78 is 32.9. The molecule has 0 atom stereocenters. The Labute approximate surface area is 178 Å². The predicted molar refractivity (Wildman–Crippen MR) is 119 cm³/mol. The first-order valence-electron chi connectivity index (χ1n) is 9.82. The maximum Gasteiger partial charge on any atom is 0.337 e. The predicted octanol–water partition coefficient (Wildman–Crippen LogP) is 4.31. The molecular weight excluding hydrogens is 404 g/mol. The molecule has 0 saturated heterocycles. The van der Waals surface area contributed by atoms with Crippen LogP contribution in [-0.2, 0) is 10.0 Å². The van der Waals surface area contributed by atoms with Crippen LogP contribution in [-0.4, -0.2) is 39.7 Å². The third-order valence-corrected chi connectivity index (χ3v) is 5.76. The molecule has 0 amide bonds. The second-order valence-corrected chi connectivity index (χ2v) is 9.69. The zero-order valence-corrected chi connectivity index (χ0v) is 18.9. The molecule has 0 fully saturated rings. The van der Waals surface area contributed by atoms with E-state index in [1.807, 2.05) is 4.90 Å². The third kappa shape index (κ3) is 6.13. The summed E-state index contributed by atoms with van der Waals surface area (Å²) in [6.07, 6.45) is 0. The van der Waals surface area contributed by atoms with E-state index in [4.69, 9.17) is 4.74 Å². The fraction of sp³-hybridized carbons (Fsp3) is 0.409. The minimum atomic E-state index is -3.86. The summed E-state index contributed by atoms with van der Waals surface area (Å²) in [6.45, 7) is 9.71. The van der Waals surface area contributed by atoms with Gasteiger partial charge in [0.25, 0.3) is 10.0 Å². The van der Waals surface area contributed by atoms with Crippen LogP contribution in [0.3, 0.4) is 0 Å². The molecule has 0 radical (unpaired) electrons. The fourth-order valence-electron chi connectivity index (χ4n) is 3.17. The lowest BCUT2D eigenvalue weighted by molar-refractivity contribution is 0.0697. The van der Waals surface area contributed by atoms with Crippen LogP contribution >= 0.6 is 0 Å². The van der Waals surface area contributed by atoms with Crippen LogP contribution in [0.25, 0.3) is 0 Å². The molecule has 0 aliphatic heterocycles. The largest absolute Gasteiger partial charge is 0.497 e. The van der Waals surface area contributed by atoms with Gasteiger partial charge < -0.3 is 14.7 Å².